The van der Waals surface area contributed by atoms with Gasteiger partial charge in [0.05, 0.1) is 5.52 Å². The Morgan fingerprint density at radius 2 is 1.95 bits per heavy atom. The monoisotopic (exact) mass is 281 g/mol. The molecule has 1 aromatic carbocycles. The molecule has 5 heteroatoms. The summed E-state index contributed by atoms with van der Waals surface area (Å²) in [6.45, 7) is 7.51. The van der Waals surface area contributed by atoms with Crippen LogP contribution in [0.1, 0.15) is 26.1 Å². The van der Waals surface area contributed by atoms with E-state index < -0.39 is 0 Å². The zero-order valence-corrected chi connectivity index (χ0v) is 12.6. The van der Waals surface area contributed by atoms with E-state index in [0.717, 1.165) is 34.9 Å². The second kappa shape index (κ2) is 4.41. The number of aryl methyl sites for hydroxylation is 1. The Labute approximate surface area is 123 Å². The average molecular weight is 281 g/mol. The first-order valence-electron chi connectivity index (χ1n) is 7.52. The van der Waals surface area contributed by atoms with Crippen molar-refractivity contribution in [1.29, 1.82) is 0 Å². The van der Waals surface area contributed by atoms with Crippen molar-refractivity contribution in [2.24, 2.45) is 5.92 Å². The SMILES string of the molecule is Cc1nc2c3ccccc3nc(N3C[C@H](C)C[C@H]3C)n2n1. The van der Waals surface area contributed by atoms with Gasteiger partial charge < -0.3 is 4.90 Å². The van der Waals surface area contributed by atoms with Crippen molar-refractivity contribution in [3.63, 3.8) is 0 Å². The lowest BCUT2D eigenvalue weighted by molar-refractivity contribution is 0.624. The first kappa shape index (κ1) is 12.6. The summed E-state index contributed by atoms with van der Waals surface area (Å²) >= 11 is 0. The van der Waals surface area contributed by atoms with Gasteiger partial charge in [0.15, 0.2) is 5.65 Å². The second-order valence-electron chi connectivity index (χ2n) is 6.17. The maximum atomic E-state index is 4.87. The van der Waals surface area contributed by atoms with Crippen molar-refractivity contribution < 1.29 is 0 Å². The summed E-state index contributed by atoms with van der Waals surface area (Å²) in [5.74, 6) is 2.39. The Balaban J connectivity index is 2.02. The molecule has 4 rings (SSSR count). The molecular weight excluding hydrogens is 262 g/mol. The standard InChI is InChI=1S/C16H19N5/c1-10-8-11(2)20(9-10)16-18-14-7-5-4-6-13(14)15-17-12(3)19-21(15)16/h4-7,10-11H,8-9H2,1-3H3/t10-,11-/m1/s1. The van der Waals surface area contributed by atoms with E-state index in [-0.39, 0.29) is 0 Å². The first-order valence-corrected chi connectivity index (χ1v) is 7.52. The zero-order chi connectivity index (χ0) is 14.6. The predicted molar refractivity (Wildman–Crippen MR) is 83.6 cm³/mol. The van der Waals surface area contributed by atoms with E-state index in [2.05, 4.69) is 34.9 Å². The molecule has 0 aliphatic carbocycles. The molecule has 0 unspecified atom stereocenters. The smallest absolute Gasteiger partial charge is 0.229 e. The number of fused-ring (bicyclic) bond motifs is 3. The highest BCUT2D eigenvalue weighted by Gasteiger charge is 2.29. The summed E-state index contributed by atoms with van der Waals surface area (Å²) in [7, 11) is 0. The summed E-state index contributed by atoms with van der Waals surface area (Å²) in [5, 5.41) is 5.63. The molecule has 0 saturated carbocycles. The third-order valence-electron chi connectivity index (χ3n) is 4.31. The van der Waals surface area contributed by atoms with Gasteiger partial charge >= 0.3 is 0 Å². The minimum Gasteiger partial charge on any atom is -0.338 e. The van der Waals surface area contributed by atoms with Crippen LogP contribution in [0.2, 0.25) is 0 Å². The predicted octanol–water partition coefficient (Wildman–Crippen LogP) is 2.82. The van der Waals surface area contributed by atoms with E-state index in [1.165, 1.54) is 6.42 Å². The van der Waals surface area contributed by atoms with E-state index >= 15 is 0 Å². The van der Waals surface area contributed by atoms with E-state index in [0.29, 0.717) is 12.0 Å². The van der Waals surface area contributed by atoms with Gasteiger partial charge in [-0.1, -0.05) is 19.1 Å². The number of benzene rings is 1. The molecule has 108 valence electrons. The molecule has 2 atom stereocenters. The Bertz CT molecular complexity index is 822. The Morgan fingerprint density at radius 3 is 2.71 bits per heavy atom. The molecule has 0 N–H and O–H groups in total. The lowest BCUT2D eigenvalue weighted by Crippen LogP contribution is -2.30. The van der Waals surface area contributed by atoms with Crippen LogP contribution in [0.5, 0.6) is 0 Å². The molecule has 0 amide bonds. The van der Waals surface area contributed by atoms with Crippen LogP contribution in [0, 0.1) is 12.8 Å². The maximum Gasteiger partial charge on any atom is 0.229 e. The van der Waals surface area contributed by atoms with Gasteiger partial charge in [-0.3, -0.25) is 0 Å². The summed E-state index contributed by atoms with van der Waals surface area (Å²) in [5.41, 5.74) is 1.89. The molecule has 2 aromatic heterocycles. The molecule has 5 nitrogen and oxygen atoms in total. The molecule has 0 radical (unpaired) electrons. The van der Waals surface area contributed by atoms with Crippen LogP contribution >= 0.6 is 0 Å². The molecule has 21 heavy (non-hydrogen) atoms. The normalized spacial score (nSPS) is 22.5. The largest absolute Gasteiger partial charge is 0.338 e. The number of rotatable bonds is 1. The molecule has 0 bridgehead atoms. The number of para-hydroxylation sites is 1. The highest BCUT2D eigenvalue weighted by molar-refractivity contribution is 5.92. The van der Waals surface area contributed by atoms with Gasteiger partial charge in [0, 0.05) is 18.0 Å². The average Bonchev–Trinajstić information content (AvgIpc) is 3.00. The van der Waals surface area contributed by atoms with Crippen molar-refractivity contribution in [3.05, 3.63) is 30.1 Å². The van der Waals surface area contributed by atoms with Crippen LogP contribution in [0.15, 0.2) is 24.3 Å². The van der Waals surface area contributed by atoms with E-state index in [1.54, 1.807) is 0 Å². The van der Waals surface area contributed by atoms with Gasteiger partial charge in [-0.25, -0.2) is 9.97 Å². The van der Waals surface area contributed by atoms with Gasteiger partial charge in [0.2, 0.25) is 5.95 Å². The molecule has 0 spiro atoms. The van der Waals surface area contributed by atoms with Crippen LogP contribution < -0.4 is 4.90 Å². The molecule has 1 aliphatic rings. The number of hydrogen-bond donors (Lipinski definition) is 0. The molecule has 1 saturated heterocycles. The lowest BCUT2D eigenvalue weighted by Gasteiger charge is -2.23. The van der Waals surface area contributed by atoms with E-state index in [1.807, 2.05) is 29.6 Å². The van der Waals surface area contributed by atoms with Gasteiger partial charge in [-0.15, -0.1) is 5.10 Å². The summed E-state index contributed by atoms with van der Waals surface area (Å²) in [4.78, 5) is 11.8. The van der Waals surface area contributed by atoms with Crippen molar-refractivity contribution in [3.8, 4) is 0 Å². The van der Waals surface area contributed by atoms with Gasteiger partial charge in [0.1, 0.15) is 5.82 Å². The fraction of sp³-hybridized carbons (Fsp3) is 0.438. The van der Waals surface area contributed by atoms with Crippen LogP contribution in [0.4, 0.5) is 5.95 Å². The van der Waals surface area contributed by atoms with Gasteiger partial charge in [-0.2, -0.15) is 4.52 Å². The molecule has 3 heterocycles. The number of aromatic nitrogens is 4. The fourth-order valence-corrected chi connectivity index (χ4v) is 3.41. The quantitative estimate of drug-likeness (QED) is 0.688. The highest BCUT2D eigenvalue weighted by Crippen LogP contribution is 2.29. The van der Waals surface area contributed by atoms with Crippen LogP contribution in [-0.4, -0.2) is 32.2 Å². The van der Waals surface area contributed by atoms with Gasteiger partial charge in [-0.05, 0) is 38.3 Å². The van der Waals surface area contributed by atoms with Crippen LogP contribution in [0.3, 0.4) is 0 Å². The minimum absolute atomic E-state index is 0.487. The van der Waals surface area contributed by atoms with Crippen molar-refractivity contribution in [2.45, 2.75) is 33.2 Å². The Morgan fingerprint density at radius 1 is 1.14 bits per heavy atom. The maximum absolute atomic E-state index is 4.87. The topological polar surface area (TPSA) is 46.3 Å². The van der Waals surface area contributed by atoms with Crippen molar-refractivity contribution in [1.82, 2.24) is 19.6 Å². The number of nitrogens with zero attached hydrogens (tertiary/aromatic N) is 5. The molecule has 3 aromatic rings. The minimum atomic E-state index is 0.487. The first-order chi connectivity index (χ1) is 10.1. The molecular formula is C16H19N5. The summed E-state index contributed by atoms with van der Waals surface area (Å²) < 4.78 is 1.91. The van der Waals surface area contributed by atoms with Crippen LogP contribution in [0.25, 0.3) is 16.6 Å². The number of hydrogen-bond acceptors (Lipinski definition) is 4. The van der Waals surface area contributed by atoms with Gasteiger partial charge in [0.25, 0.3) is 0 Å². The van der Waals surface area contributed by atoms with Crippen molar-refractivity contribution >= 4 is 22.5 Å². The highest BCUT2D eigenvalue weighted by atomic mass is 15.4. The second-order valence-corrected chi connectivity index (χ2v) is 6.17. The summed E-state index contributed by atoms with van der Waals surface area (Å²) in [6, 6.07) is 8.64. The van der Waals surface area contributed by atoms with Crippen molar-refractivity contribution in [2.75, 3.05) is 11.4 Å². The van der Waals surface area contributed by atoms with E-state index in [9.17, 15) is 0 Å². The third kappa shape index (κ3) is 1.87. The zero-order valence-electron chi connectivity index (χ0n) is 12.6. The lowest BCUT2D eigenvalue weighted by atomic mass is 10.1. The molecule has 1 aliphatic heterocycles. The number of anilines is 1. The molecule has 1 fully saturated rings. The summed E-state index contributed by atoms with van der Waals surface area (Å²) in [6.07, 6.45) is 1.20. The fourth-order valence-electron chi connectivity index (χ4n) is 3.41. The Kier molecular flexibility index (Phi) is 2.64. The third-order valence-corrected chi connectivity index (χ3v) is 4.31. The van der Waals surface area contributed by atoms with E-state index in [4.69, 9.17) is 4.98 Å². The van der Waals surface area contributed by atoms with Crippen LogP contribution in [-0.2, 0) is 0 Å². The Hall–Kier alpha value is -2.17.